The fraction of sp³-hybridized carbons (Fsp3) is 0.533. The molecule has 5 nitrogen and oxygen atoms in total. The van der Waals surface area contributed by atoms with Gasteiger partial charge in [-0.3, -0.25) is 4.79 Å². The van der Waals surface area contributed by atoms with Crippen LogP contribution in [0.15, 0.2) is 18.2 Å². The molecule has 0 radical (unpaired) electrons. The van der Waals surface area contributed by atoms with Crippen LogP contribution < -0.4 is 10.1 Å². The third kappa shape index (κ3) is 3.22. The number of hydrogen-bond acceptors (Lipinski definition) is 4. The minimum absolute atomic E-state index is 0.0350. The summed E-state index contributed by atoms with van der Waals surface area (Å²) in [5.74, 6) is 0.369. The Morgan fingerprint density at radius 1 is 1.55 bits per heavy atom. The van der Waals surface area contributed by atoms with Crippen molar-refractivity contribution in [2.75, 3.05) is 26.7 Å². The van der Waals surface area contributed by atoms with Crippen molar-refractivity contribution in [1.82, 2.24) is 10.2 Å². The van der Waals surface area contributed by atoms with Gasteiger partial charge in [-0.1, -0.05) is 0 Å². The number of likely N-dealkylation sites (N-methyl/N-ethyl adjacent to an activating group) is 1. The molecule has 1 amide bonds. The van der Waals surface area contributed by atoms with Gasteiger partial charge in [0, 0.05) is 25.2 Å². The number of nitrogens with one attached hydrogen (secondary N) is 1. The number of carbonyl (C=O) groups is 1. The summed E-state index contributed by atoms with van der Waals surface area (Å²) in [4.78, 5) is 14.2. The van der Waals surface area contributed by atoms with Crippen LogP contribution in [0.25, 0.3) is 0 Å². The van der Waals surface area contributed by atoms with Crippen molar-refractivity contribution in [3.63, 3.8) is 0 Å². The Bertz CT molecular complexity index is 470. The fourth-order valence-electron chi connectivity index (χ4n) is 2.52. The van der Waals surface area contributed by atoms with Crippen LogP contribution in [0, 0.1) is 0 Å². The maximum absolute atomic E-state index is 12.5. The molecule has 1 aliphatic heterocycles. The maximum atomic E-state index is 12.5. The van der Waals surface area contributed by atoms with E-state index >= 15 is 0 Å². The third-order valence-corrected chi connectivity index (χ3v) is 3.71. The molecule has 2 rings (SSSR count). The molecule has 20 heavy (non-hydrogen) atoms. The average molecular weight is 278 g/mol. The molecule has 1 aromatic carbocycles. The molecule has 2 N–H and O–H groups in total. The van der Waals surface area contributed by atoms with E-state index in [1.807, 2.05) is 6.92 Å². The average Bonchev–Trinajstić information content (AvgIpc) is 2.96. The summed E-state index contributed by atoms with van der Waals surface area (Å²) in [5.41, 5.74) is 0.325. The van der Waals surface area contributed by atoms with E-state index in [2.05, 4.69) is 5.32 Å². The zero-order chi connectivity index (χ0) is 14.5. The van der Waals surface area contributed by atoms with Gasteiger partial charge >= 0.3 is 0 Å². The lowest BCUT2D eigenvalue weighted by atomic mass is 10.1. The van der Waals surface area contributed by atoms with Gasteiger partial charge in [0.15, 0.2) is 0 Å². The molecule has 1 atom stereocenters. The predicted molar refractivity (Wildman–Crippen MR) is 77.3 cm³/mol. The van der Waals surface area contributed by atoms with Gasteiger partial charge in [-0.15, -0.1) is 0 Å². The molecular formula is C15H22N2O3. The van der Waals surface area contributed by atoms with Crippen LogP contribution >= 0.6 is 0 Å². The Morgan fingerprint density at radius 2 is 2.35 bits per heavy atom. The molecule has 0 spiro atoms. The molecule has 110 valence electrons. The number of benzene rings is 1. The van der Waals surface area contributed by atoms with Crippen LogP contribution in [-0.4, -0.2) is 48.7 Å². The van der Waals surface area contributed by atoms with E-state index < -0.39 is 0 Å². The zero-order valence-corrected chi connectivity index (χ0v) is 12.1. The van der Waals surface area contributed by atoms with E-state index in [4.69, 9.17) is 4.74 Å². The normalized spacial score (nSPS) is 18.0. The highest BCUT2D eigenvalue weighted by Crippen LogP contribution is 2.24. The Balaban J connectivity index is 2.11. The molecule has 0 aliphatic carbocycles. The Hall–Kier alpha value is -1.75. The van der Waals surface area contributed by atoms with Crippen LogP contribution in [0.5, 0.6) is 11.5 Å². The van der Waals surface area contributed by atoms with Crippen molar-refractivity contribution < 1.29 is 14.6 Å². The summed E-state index contributed by atoms with van der Waals surface area (Å²) >= 11 is 0. The monoisotopic (exact) mass is 278 g/mol. The number of ether oxygens (including phenoxy) is 1. The SMILES string of the molecule is CCN(CC1CCCN1)C(=O)c1ccc(OC)cc1O. The number of rotatable bonds is 5. The molecule has 1 heterocycles. The van der Waals surface area contributed by atoms with Crippen LogP contribution in [0.2, 0.25) is 0 Å². The van der Waals surface area contributed by atoms with Crippen LogP contribution in [0.4, 0.5) is 0 Å². The van der Waals surface area contributed by atoms with Crippen LogP contribution in [0.1, 0.15) is 30.1 Å². The van der Waals surface area contributed by atoms with Gasteiger partial charge < -0.3 is 20.1 Å². The van der Waals surface area contributed by atoms with Gasteiger partial charge in [0.1, 0.15) is 11.5 Å². The second-order valence-corrected chi connectivity index (χ2v) is 5.02. The first-order valence-corrected chi connectivity index (χ1v) is 7.05. The summed E-state index contributed by atoms with van der Waals surface area (Å²) < 4.78 is 5.03. The highest BCUT2D eigenvalue weighted by molar-refractivity contribution is 5.97. The number of aromatic hydroxyl groups is 1. The number of phenolic OH excluding ortho intramolecular Hbond substituents is 1. The van der Waals surface area contributed by atoms with Crippen molar-refractivity contribution in [2.24, 2.45) is 0 Å². The van der Waals surface area contributed by atoms with Crippen molar-refractivity contribution in [3.05, 3.63) is 23.8 Å². The molecule has 0 bridgehead atoms. The minimum Gasteiger partial charge on any atom is -0.507 e. The Labute approximate surface area is 119 Å². The molecule has 1 saturated heterocycles. The highest BCUT2D eigenvalue weighted by Gasteiger charge is 2.23. The zero-order valence-electron chi connectivity index (χ0n) is 12.1. The smallest absolute Gasteiger partial charge is 0.257 e. The third-order valence-electron chi connectivity index (χ3n) is 3.71. The molecule has 1 aromatic rings. The summed E-state index contributed by atoms with van der Waals surface area (Å²) in [7, 11) is 1.53. The van der Waals surface area contributed by atoms with E-state index in [1.54, 1.807) is 17.0 Å². The molecule has 1 fully saturated rings. The van der Waals surface area contributed by atoms with Gasteiger partial charge in [-0.05, 0) is 38.4 Å². The molecule has 1 aliphatic rings. The standard InChI is InChI=1S/C15H22N2O3/c1-3-17(10-11-5-4-8-16-11)15(19)13-7-6-12(20-2)9-14(13)18/h6-7,9,11,16,18H,3-5,8,10H2,1-2H3. The number of methoxy groups -OCH3 is 1. The lowest BCUT2D eigenvalue weighted by molar-refractivity contribution is 0.0748. The minimum atomic E-state index is -0.138. The van der Waals surface area contributed by atoms with E-state index in [-0.39, 0.29) is 11.7 Å². The summed E-state index contributed by atoms with van der Waals surface area (Å²) in [5, 5.41) is 13.3. The fourth-order valence-corrected chi connectivity index (χ4v) is 2.52. The van der Waals surface area contributed by atoms with Gasteiger partial charge in [-0.2, -0.15) is 0 Å². The summed E-state index contributed by atoms with van der Waals surface area (Å²) in [6, 6.07) is 5.13. The maximum Gasteiger partial charge on any atom is 0.257 e. The van der Waals surface area contributed by atoms with Gasteiger partial charge in [0.05, 0.1) is 12.7 Å². The first-order valence-electron chi connectivity index (χ1n) is 7.05. The quantitative estimate of drug-likeness (QED) is 0.859. The van der Waals surface area contributed by atoms with E-state index in [0.717, 1.165) is 19.4 Å². The van der Waals surface area contributed by atoms with Gasteiger partial charge in [0.2, 0.25) is 0 Å². The molecular weight excluding hydrogens is 256 g/mol. The van der Waals surface area contributed by atoms with Crippen LogP contribution in [0.3, 0.4) is 0 Å². The van der Waals surface area contributed by atoms with E-state index in [9.17, 15) is 9.90 Å². The second-order valence-electron chi connectivity index (χ2n) is 5.02. The van der Waals surface area contributed by atoms with Crippen molar-refractivity contribution in [1.29, 1.82) is 0 Å². The first kappa shape index (κ1) is 14.7. The molecule has 5 heteroatoms. The molecule has 1 unspecified atom stereocenters. The summed E-state index contributed by atoms with van der Waals surface area (Å²) in [6.45, 7) is 4.28. The molecule has 0 aromatic heterocycles. The topological polar surface area (TPSA) is 61.8 Å². The summed E-state index contributed by atoms with van der Waals surface area (Å²) in [6.07, 6.45) is 2.25. The molecule has 0 saturated carbocycles. The Morgan fingerprint density at radius 3 is 2.90 bits per heavy atom. The van der Waals surface area contributed by atoms with Gasteiger partial charge in [0.25, 0.3) is 5.91 Å². The van der Waals surface area contributed by atoms with Crippen molar-refractivity contribution >= 4 is 5.91 Å². The lowest BCUT2D eigenvalue weighted by Crippen LogP contribution is -2.41. The lowest BCUT2D eigenvalue weighted by Gasteiger charge is -2.25. The number of amides is 1. The number of carbonyl (C=O) groups excluding carboxylic acids is 1. The number of hydrogen-bond donors (Lipinski definition) is 2. The van der Waals surface area contributed by atoms with Crippen molar-refractivity contribution in [3.8, 4) is 11.5 Å². The predicted octanol–water partition coefficient (Wildman–Crippen LogP) is 1.61. The second kappa shape index (κ2) is 6.61. The van der Waals surface area contributed by atoms with Gasteiger partial charge in [-0.25, -0.2) is 0 Å². The largest absolute Gasteiger partial charge is 0.507 e. The number of phenols is 1. The van der Waals surface area contributed by atoms with E-state index in [1.165, 1.54) is 13.2 Å². The van der Waals surface area contributed by atoms with Crippen molar-refractivity contribution in [2.45, 2.75) is 25.8 Å². The first-order chi connectivity index (χ1) is 9.65. The number of nitrogens with zero attached hydrogens (tertiary/aromatic N) is 1. The Kier molecular flexibility index (Phi) is 4.84. The van der Waals surface area contributed by atoms with E-state index in [0.29, 0.717) is 30.4 Å². The highest BCUT2D eigenvalue weighted by atomic mass is 16.5. The van der Waals surface area contributed by atoms with Crippen LogP contribution in [-0.2, 0) is 0 Å².